The Kier molecular flexibility index (Phi) is 8.18. The molecule has 168 valence electrons. The van der Waals surface area contributed by atoms with E-state index < -0.39 is 0 Å². The van der Waals surface area contributed by atoms with E-state index >= 15 is 0 Å². The van der Waals surface area contributed by atoms with E-state index in [1.165, 1.54) is 11.1 Å². The van der Waals surface area contributed by atoms with Gasteiger partial charge in [0.15, 0.2) is 11.5 Å². The van der Waals surface area contributed by atoms with Gasteiger partial charge < -0.3 is 19.5 Å². The van der Waals surface area contributed by atoms with Crippen molar-refractivity contribution in [2.24, 2.45) is 0 Å². The molecule has 31 heavy (non-hydrogen) atoms. The van der Waals surface area contributed by atoms with Crippen molar-refractivity contribution in [1.82, 2.24) is 10.2 Å². The minimum Gasteiger partial charge on any atom is -0.493 e. The van der Waals surface area contributed by atoms with E-state index in [2.05, 4.69) is 41.4 Å². The van der Waals surface area contributed by atoms with Crippen LogP contribution < -0.4 is 19.5 Å². The minimum absolute atomic E-state index is 0.0778. The maximum atomic E-state index is 12.6. The maximum absolute atomic E-state index is 12.6. The summed E-state index contributed by atoms with van der Waals surface area (Å²) in [6.45, 7) is 5.11. The highest BCUT2D eigenvalue weighted by atomic mass is 16.5. The summed E-state index contributed by atoms with van der Waals surface area (Å²) in [6.07, 6.45) is 2.96. The van der Waals surface area contributed by atoms with Gasteiger partial charge in [0.05, 0.1) is 21.3 Å². The number of piperidine rings is 1. The summed E-state index contributed by atoms with van der Waals surface area (Å²) in [6, 6.07) is 12.7. The van der Waals surface area contributed by atoms with Crippen molar-refractivity contribution < 1.29 is 19.0 Å². The largest absolute Gasteiger partial charge is 0.493 e. The molecule has 6 heteroatoms. The molecule has 0 bridgehead atoms. The third kappa shape index (κ3) is 6.14. The van der Waals surface area contributed by atoms with Gasteiger partial charge >= 0.3 is 0 Å². The molecule has 1 aliphatic rings. The number of carbonyl (C=O) groups excluding carboxylic acids is 1. The summed E-state index contributed by atoms with van der Waals surface area (Å²) in [5.74, 6) is 1.88. The lowest BCUT2D eigenvalue weighted by atomic mass is 10.0. The van der Waals surface area contributed by atoms with Crippen LogP contribution in [0.1, 0.15) is 36.0 Å². The molecule has 6 nitrogen and oxygen atoms in total. The first-order valence-electron chi connectivity index (χ1n) is 10.9. The van der Waals surface area contributed by atoms with E-state index in [0.717, 1.165) is 38.0 Å². The van der Waals surface area contributed by atoms with E-state index in [0.29, 0.717) is 30.1 Å². The van der Waals surface area contributed by atoms with Crippen LogP contribution in [-0.2, 0) is 17.8 Å². The Bertz CT molecular complexity index is 876. The average Bonchev–Trinajstić information content (AvgIpc) is 2.78. The second-order valence-electron chi connectivity index (χ2n) is 8.10. The van der Waals surface area contributed by atoms with E-state index in [-0.39, 0.29) is 11.9 Å². The molecule has 1 fully saturated rings. The van der Waals surface area contributed by atoms with Gasteiger partial charge in [-0.1, -0.05) is 35.9 Å². The number of amides is 1. The van der Waals surface area contributed by atoms with E-state index in [1.54, 1.807) is 21.3 Å². The first-order chi connectivity index (χ1) is 15.0. The van der Waals surface area contributed by atoms with Crippen molar-refractivity contribution in [3.8, 4) is 17.2 Å². The quantitative estimate of drug-likeness (QED) is 0.662. The van der Waals surface area contributed by atoms with Crippen LogP contribution >= 0.6 is 0 Å². The molecular weight excluding hydrogens is 392 g/mol. The van der Waals surface area contributed by atoms with Crippen LogP contribution in [0, 0.1) is 6.92 Å². The van der Waals surface area contributed by atoms with Crippen molar-refractivity contribution in [3.63, 3.8) is 0 Å². The Morgan fingerprint density at radius 1 is 1.03 bits per heavy atom. The Labute approximate surface area is 185 Å². The van der Waals surface area contributed by atoms with Gasteiger partial charge in [-0.05, 0) is 43.4 Å². The molecule has 2 aromatic rings. The smallest absolute Gasteiger partial charge is 0.220 e. The molecule has 2 aromatic carbocycles. The lowest BCUT2D eigenvalue weighted by molar-refractivity contribution is -0.122. The zero-order valence-electron chi connectivity index (χ0n) is 19.1. The van der Waals surface area contributed by atoms with Crippen LogP contribution in [0.4, 0.5) is 0 Å². The predicted octanol–water partition coefficient (Wildman–Crippen LogP) is 3.73. The average molecular weight is 427 g/mol. The minimum atomic E-state index is 0.0778. The number of methoxy groups -OCH3 is 3. The predicted molar refractivity (Wildman–Crippen MR) is 122 cm³/mol. The third-order valence-corrected chi connectivity index (χ3v) is 5.85. The van der Waals surface area contributed by atoms with Gasteiger partial charge in [-0.15, -0.1) is 0 Å². The number of benzene rings is 2. The van der Waals surface area contributed by atoms with Crippen LogP contribution in [0.3, 0.4) is 0 Å². The highest BCUT2D eigenvalue weighted by Gasteiger charge is 2.21. The second kappa shape index (κ2) is 11.0. The van der Waals surface area contributed by atoms with E-state index in [1.807, 2.05) is 12.1 Å². The fraction of sp³-hybridized carbons (Fsp3) is 0.480. The van der Waals surface area contributed by atoms with Crippen LogP contribution in [0.5, 0.6) is 17.2 Å². The monoisotopic (exact) mass is 426 g/mol. The second-order valence-corrected chi connectivity index (χ2v) is 8.10. The van der Waals surface area contributed by atoms with Gasteiger partial charge in [0, 0.05) is 32.1 Å². The number of carbonyl (C=O) groups is 1. The van der Waals surface area contributed by atoms with Gasteiger partial charge in [-0.3, -0.25) is 9.69 Å². The Hall–Kier alpha value is -2.73. The number of hydrogen-bond donors (Lipinski definition) is 1. The number of rotatable bonds is 9. The van der Waals surface area contributed by atoms with Gasteiger partial charge in [0.25, 0.3) is 0 Å². The Balaban J connectivity index is 1.47. The number of aryl methyl sites for hydroxylation is 2. The van der Waals surface area contributed by atoms with Crippen LogP contribution in [0.2, 0.25) is 0 Å². The van der Waals surface area contributed by atoms with Crippen molar-refractivity contribution in [3.05, 3.63) is 53.1 Å². The molecule has 1 saturated heterocycles. The van der Waals surface area contributed by atoms with Crippen LogP contribution in [-0.4, -0.2) is 51.3 Å². The van der Waals surface area contributed by atoms with Crippen molar-refractivity contribution in [2.75, 3.05) is 34.4 Å². The zero-order chi connectivity index (χ0) is 22.2. The molecule has 0 aromatic heterocycles. The van der Waals surface area contributed by atoms with Crippen LogP contribution in [0.15, 0.2) is 36.4 Å². The summed E-state index contributed by atoms with van der Waals surface area (Å²) in [4.78, 5) is 15.0. The molecule has 1 N–H and O–H groups in total. The summed E-state index contributed by atoms with van der Waals surface area (Å²) in [7, 11) is 4.78. The number of nitrogens with zero attached hydrogens (tertiary/aromatic N) is 1. The molecule has 0 spiro atoms. The molecule has 0 unspecified atom stereocenters. The zero-order valence-corrected chi connectivity index (χ0v) is 19.1. The summed E-state index contributed by atoms with van der Waals surface area (Å²) in [5.41, 5.74) is 3.58. The number of hydrogen-bond acceptors (Lipinski definition) is 5. The van der Waals surface area contributed by atoms with Gasteiger partial charge in [-0.2, -0.15) is 0 Å². The molecule has 3 rings (SSSR count). The SMILES string of the molecule is COc1ccc(CCC(=O)NC2CCN(Cc3cccc(C)c3)CC2)c(OC)c1OC. The molecule has 1 amide bonds. The normalized spacial score (nSPS) is 14.8. The summed E-state index contributed by atoms with van der Waals surface area (Å²) >= 11 is 0. The summed E-state index contributed by atoms with van der Waals surface area (Å²) in [5, 5.41) is 3.21. The van der Waals surface area contributed by atoms with Gasteiger partial charge in [0.2, 0.25) is 11.7 Å². The Morgan fingerprint density at radius 2 is 1.77 bits per heavy atom. The van der Waals surface area contributed by atoms with Gasteiger partial charge in [-0.25, -0.2) is 0 Å². The fourth-order valence-corrected chi connectivity index (χ4v) is 4.21. The van der Waals surface area contributed by atoms with E-state index in [4.69, 9.17) is 14.2 Å². The molecule has 0 aliphatic carbocycles. The maximum Gasteiger partial charge on any atom is 0.220 e. The topological polar surface area (TPSA) is 60.0 Å². The number of ether oxygens (including phenoxy) is 3. The van der Waals surface area contributed by atoms with Crippen molar-refractivity contribution in [1.29, 1.82) is 0 Å². The third-order valence-electron chi connectivity index (χ3n) is 5.85. The molecule has 1 aliphatic heterocycles. The van der Waals surface area contributed by atoms with Crippen LogP contribution in [0.25, 0.3) is 0 Å². The highest BCUT2D eigenvalue weighted by Crippen LogP contribution is 2.40. The fourth-order valence-electron chi connectivity index (χ4n) is 4.21. The number of nitrogens with one attached hydrogen (secondary N) is 1. The van der Waals surface area contributed by atoms with E-state index in [9.17, 15) is 4.79 Å². The first kappa shape index (κ1) is 22.9. The molecule has 0 atom stereocenters. The summed E-state index contributed by atoms with van der Waals surface area (Å²) < 4.78 is 16.3. The first-order valence-corrected chi connectivity index (χ1v) is 10.9. The Morgan fingerprint density at radius 3 is 2.42 bits per heavy atom. The number of likely N-dealkylation sites (tertiary alicyclic amines) is 1. The standard InChI is InChI=1S/C25H34N2O4/c1-18-6-5-7-19(16-18)17-27-14-12-21(13-15-27)26-23(28)11-9-20-8-10-22(29-2)25(31-4)24(20)30-3/h5-8,10,16,21H,9,11-15,17H2,1-4H3,(H,26,28). The lowest BCUT2D eigenvalue weighted by Crippen LogP contribution is -2.44. The van der Waals surface area contributed by atoms with Gasteiger partial charge in [0.1, 0.15) is 0 Å². The van der Waals surface area contributed by atoms with Crippen molar-refractivity contribution >= 4 is 5.91 Å². The lowest BCUT2D eigenvalue weighted by Gasteiger charge is -2.32. The molecule has 1 heterocycles. The van der Waals surface area contributed by atoms with Crippen molar-refractivity contribution in [2.45, 2.75) is 45.2 Å². The molecular formula is C25H34N2O4. The molecule has 0 saturated carbocycles. The highest BCUT2D eigenvalue weighted by molar-refractivity contribution is 5.76. The molecule has 0 radical (unpaired) electrons.